The van der Waals surface area contributed by atoms with Gasteiger partial charge >= 0.3 is 5.97 Å². The lowest BCUT2D eigenvalue weighted by molar-refractivity contribution is 0.0691. The van der Waals surface area contributed by atoms with E-state index in [2.05, 4.69) is 4.98 Å². The molecule has 1 heterocycles. The summed E-state index contributed by atoms with van der Waals surface area (Å²) in [5.74, 6) is -0.573. The number of carbonyl (C=O) groups excluding carboxylic acids is 1. The second kappa shape index (κ2) is 4.21. The molecule has 0 radical (unpaired) electrons. The number of fused-ring (bicyclic) bond motifs is 1. The number of aromatic carboxylic acids is 1. The van der Waals surface area contributed by atoms with Crippen molar-refractivity contribution >= 4 is 23.2 Å². The first-order valence-electron chi connectivity index (χ1n) is 4.83. The number of carboxylic acid groups (broad SMARTS) is 1. The van der Waals surface area contributed by atoms with Crippen LogP contribution in [0.5, 0.6) is 5.75 Å². The fourth-order valence-corrected chi connectivity index (χ4v) is 1.56. The number of carboxylic acids is 1. The molecule has 0 bridgehead atoms. The summed E-state index contributed by atoms with van der Waals surface area (Å²) in [4.78, 5) is 25.7. The van der Waals surface area contributed by atoms with Gasteiger partial charge in [-0.2, -0.15) is 0 Å². The van der Waals surface area contributed by atoms with Crippen molar-refractivity contribution in [2.75, 3.05) is 7.11 Å². The predicted octanol–water partition coefficient (Wildman–Crippen LogP) is 1.75. The van der Waals surface area contributed by atoms with Gasteiger partial charge in [-0.15, -0.1) is 0 Å². The molecule has 0 saturated heterocycles. The molecule has 0 unspecified atom stereocenters. The average Bonchev–Trinajstić information content (AvgIpc) is 2.36. The standard InChI is InChI=1S/C12H9NO4/c1-17-8-2-3-10-9(5-8)7(6-14)4-11(13-10)12(15)16/h2-6H,1H3,(H,15,16). The number of hydrogen-bond donors (Lipinski definition) is 1. The van der Waals surface area contributed by atoms with Crippen LogP contribution in [0.3, 0.4) is 0 Å². The molecular weight excluding hydrogens is 222 g/mol. The number of benzene rings is 1. The second-order valence-corrected chi connectivity index (χ2v) is 3.40. The Balaban J connectivity index is 2.77. The van der Waals surface area contributed by atoms with E-state index in [0.717, 1.165) is 0 Å². The highest BCUT2D eigenvalue weighted by atomic mass is 16.5. The van der Waals surface area contributed by atoms with Crippen LogP contribution < -0.4 is 4.74 Å². The van der Waals surface area contributed by atoms with Crippen LogP contribution in [0.4, 0.5) is 0 Å². The Labute approximate surface area is 96.7 Å². The number of methoxy groups -OCH3 is 1. The van der Waals surface area contributed by atoms with E-state index in [0.29, 0.717) is 22.9 Å². The third-order valence-corrected chi connectivity index (χ3v) is 2.39. The SMILES string of the molecule is COc1ccc2nc(C(=O)O)cc(C=O)c2c1. The molecule has 0 aliphatic carbocycles. The molecule has 1 aromatic heterocycles. The monoisotopic (exact) mass is 231 g/mol. The van der Waals surface area contributed by atoms with E-state index in [1.807, 2.05) is 0 Å². The van der Waals surface area contributed by atoms with Crippen LogP contribution in [-0.4, -0.2) is 29.5 Å². The van der Waals surface area contributed by atoms with E-state index in [9.17, 15) is 9.59 Å². The molecule has 2 rings (SSSR count). The molecule has 0 atom stereocenters. The average molecular weight is 231 g/mol. The lowest BCUT2D eigenvalue weighted by Crippen LogP contribution is -2.02. The Morgan fingerprint density at radius 1 is 1.41 bits per heavy atom. The molecule has 17 heavy (non-hydrogen) atoms. The first-order valence-corrected chi connectivity index (χ1v) is 4.83. The minimum absolute atomic E-state index is 0.148. The molecule has 5 heteroatoms. The van der Waals surface area contributed by atoms with Gasteiger partial charge in [0.1, 0.15) is 11.4 Å². The van der Waals surface area contributed by atoms with Crippen molar-refractivity contribution in [3.8, 4) is 5.75 Å². The quantitative estimate of drug-likeness (QED) is 0.814. The van der Waals surface area contributed by atoms with Crippen molar-refractivity contribution in [2.24, 2.45) is 0 Å². The molecule has 0 saturated carbocycles. The Bertz CT molecular complexity index is 607. The zero-order valence-corrected chi connectivity index (χ0v) is 9.01. The maximum absolute atomic E-state index is 10.9. The number of hydrogen-bond acceptors (Lipinski definition) is 4. The smallest absolute Gasteiger partial charge is 0.354 e. The number of carbonyl (C=O) groups is 2. The summed E-state index contributed by atoms with van der Waals surface area (Å²) in [6, 6.07) is 6.18. The molecule has 0 fully saturated rings. The van der Waals surface area contributed by atoms with Crippen molar-refractivity contribution in [1.29, 1.82) is 0 Å². The zero-order chi connectivity index (χ0) is 12.4. The minimum atomic E-state index is -1.16. The van der Waals surface area contributed by atoms with Crippen LogP contribution in [0, 0.1) is 0 Å². The molecule has 86 valence electrons. The molecule has 1 aromatic carbocycles. The zero-order valence-electron chi connectivity index (χ0n) is 9.01. The summed E-state index contributed by atoms with van der Waals surface area (Å²) >= 11 is 0. The third kappa shape index (κ3) is 1.94. The predicted molar refractivity (Wildman–Crippen MR) is 60.6 cm³/mol. The van der Waals surface area contributed by atoms with E-state index >= 15 is 0 Å². The first kappa shape index (κ1) is 11.1. The number of ether oxygens (including phenoxy) is 1. The molecule has 0 aliphatic heterocycles. The molecule has 0 amide bonds. The van der Waals surface area contributed by atoms with Crippen molar-refractivity contribution in [3.05, 3.63) is 35.5 Å². The van der Waals surface area contributed by atoms with Crippen LogP contribution in [0.25, 0.3) is 10.9 Å². The Morgan fingerprint density at radius 2 is 2.18 bits per heavy atom. The number of nitrogens with zero attached hydrogens (tertiary/aromatic N) is 1. The maximum atomic E-state index is 10.9. The summed E-state index contributed by atoms with van der Waals surface area (Å²) in [5, 5.41) is 9.44. The van der Waals surface area contributed by atoms with Crippen LogP contribution in [0.2, 0.25) is 0 Å². The summed E-state index contributed by atoms with van der Waals surface area (Å²) in [6.45, 7) is 0. The van der Waals surface area contributed by atoms with Gasteiger partial charge in [-0.25, -0.2) is 9.78 Å². The van der Waals surface area contributed by atoms with Gasteiger partial charge in [-0.05, 0) is 24.3 Å². The van der Waals surface area contributed by atoms with Gasteiger partial charge in [-0.3, -0.25) is 4.79 Å². The normalized spacial score (nSPS) is 10.2. The van der Waals surface area contributed by atoms with Gasteiger partial charge in [-0.1, -0.05) is 0 Å². The maximum Gasteiger partial charge on any atom is 0.354 e. The van der Waals surface area contributed by atoms with Crippen LogP contribution >= 0.6 is 0 Å². The fraction of sp³-hybridized carbons (Fsp3) is 0.0833. The Kier molecular flexibility index (Phi) is 2.74. The molecule has 5 nitrogen and oxygen atoms in total. The lowest BCUT2D eigenvalue weighted by Gasteiger charge is -2.05. The van der Waals surface area contributed by atoms with E-state index in [4.69, 9.17) is 9.84 Å². The van der Waals surface area contributed by atoms with Gasteiger partial charge in [0.15, 0.2) is 6.29 Å². The second-order valence-electron chi connectivity index (χ2n) is 3.40. The van der Waals surface area contributed by atoms with Gasteiger partial charge in [0.2, 0.25) is 0 Å². The highest BCUT2D eigenvalue weighted by Crippen LogP contribution is 2.22. The molecule has 0 spiro atoms. The van der Waals surface area contributed by atoms with Crippen molar-refractivity contribution in [3.63, 3.8) is 0 Å². The highest BCUT2D eigenvalue weighted by Gasteiger charge is 2.11. The van der Waals surface area contributed by atoms with Crippen LogP contribution in [0.1, 0.15) is 20.8 Å². The van der Waals surface area contributed by atoms with Gasteiger partial charge in [0.25, 0.3) is 0 Å². The third-order valence-electron chi connectivity index (χ3n) is 2.39. The molecule has 2 aromatic rings. The summed E-state index contributed by atoms with van der Waals surface area (Å²) in [5.41, 5.74) is 0.587. The van der Waals surface area contributed by atoms with Crippen molar-refractivity contribution in [1.82, 2.24) is 4.98 Å². The lowest BCUT2D eigenvalue weighted by atomic mass is 10.1. The summed E-state index contributed by atoms with van der Waals surface area (Å²) in [6.07, 6.45) is 0.607. The first-order chi connectivity index (χ1) is 8.15. The summed E-state index contributed by atoms with van der Waals surface area (Å²) in [7, 11) is 1.51. The summed E-state index contributed by atoms with van der Waals surface area (Å²) < 4.78 is 5.04. The van der Waals surface area contributed by atoms with E-state index in [1.165, 1.54) is 13.2 Å². The molecule has 1 N–H and O–H groups in total. The minimum Gasteiger partial charge on any atom is -0.497 e. The number of pyridine rings is 1. The van der Waals surface area contributed by atoms with Crippen molar-refractivity contribution < 1.29 is 19.4 Å². The van der Waals surface area contributed by atoms with Crippen LogP contribution in [0.15, 0.2) is 24.3 Å². The number of aromatic nitrogens is 1. The number of aldehydes is 1. The molecule has 0 aliphatic rings. The fourth-order valence-electron chi connectivity index (χ4n) is 1.56. The number of rotatable bonds is 3. The van der Waals surface area contributed by atoms with Gasteiger partial charge < -0.3 is 9.84 Å². The highest BCUT2D eigenvalue weighted by molar-refractivity contribution is 6.00. The van der Waals surface area contributed by atoms with Crippen molar-refractivity contribution in [2.45, 2.75) is 0 Å². The van der Waals surface area contributed by atoms with Crippen LogP contribution in [-0.2, 0) is 0 Å². The van der Waals surface area contributed by atoms with E-state index in [1.54, 1.807) is 18.2 Å². The Morgan fingerprint density at radius 3 is 2.76 bits per heavy atom. The van der Waals surface area contributed by atoms with Gasteiger partial charge in [0.05, 0.1) is 12.6 Å². The largest absolute Gasteiger partial charge is 0.497 e. The van der Waals surface area contributed by atoms with E-state index < -0.39 is 5.97 Å². The Hall–Kier alpha value is -2.43. The topological polar surface area (TPSA) is 76.5 Å². The van der Waals surface area contributed by atoms with E-state index in [-0.39, 0.29) is 11.3 Å². The molecular formula is C12H9NO4. The van der Waals surface area contributed by atoms with Gasteiger partial charge in [0, 0.05) is 10.9 Å².